The number of alkyl halides is 11. The maximum Gasteiger partial charge on any atom is 3.00 e. The maximum absolute atomic E-state index is 13.7. The van der Waals surface area contributed by atoms with Gasteiger partial charge in [-0.15, -0.1) is 23.2 Å². The number of aromatic nitrogens is 2. The van der Waals surface area contributed by atoms with Crippen molar-refractivity contribution in [1.29, 1.82) is 0 Å². The molecular weight excluding hydrogens is 1230 g/mol. The van der Waals surface area contributed by atoms with Crippen molar-refractivity contribution in [2.45, 2.75) is 55.4 Å². The topological polar surface area (TPSA) is 336 Å². The fraction of sp³-hybridized carbons (Fsp3) is 0.306. The van der Waals surface area contributed by atoms with E-state index in [1.165, 1.54) is 17.7 Å². The minimum Gasteiger partial charge on any atom is -0.872 e. The number of hydrogen-bond donors (Lipinski definition) is 0. The first-order valence-corrected chi connectivity index (χ1v) is 22.8. The first kappa shape index (κ1) is 70.4. The summed E-state index contributed by atoms with van der Waals surface area (Å²) >= 11 is 9.53. The standard InChI is InChI=1S/C32H31N5O3.CH2Cl2.3CHF3O3S.Dy.2H2O/c1-32(2)28-12-4-5-13-29(28)35(3)30(32)15-14-23-18-27(37(39)40)19-24(31(23)38)20-36(21-25-10-6-8-16-33-25)22-26-11-7-9-17-34-26;2-1-3;3*2-1(3,4)8(5,6)7;;;/h4-19H,20-22H2,1-3H3;1H2;3*(H,5,6,7);;2*1H2/q;;;;;+3;;/p-1. The van der Waals surface area contributed by atoms with Crippen molar-refractivity contribution in [3.63, 3.8) is 0 Å². The molecule has 4 aromatic rings. The molecule has 34 heteroatoms. The molecule has 0 unspecified atom stereocenters. The number of para-hydroxylation sites is 1. The Morgan fingerprint density at radius 3 is 1.40 bits per heavy atom. The zero-order valence-electron chi connectivity index (χ0n) is 35.6. The minimum atomic E-state index is -6.09. The summed E-state index contributed by atoms with van der Waals surface area (Å²) in [6, 6.07) is 22.3. The van der Waals surface area contributed by atoms with Crippen molar-refractivity contribution in [3.05, 3.63) is 129 Å². The molecule has 1 aliphatic rings. The van der Waals surface area contributed by atoms with Gasteiger partial charge in [-0.05, 0) is 55.3 Å². The molecular formula is C36H39Cl2DyF9N5O14S3+2. The van der Waals surface area contributed by atoms with Crippen molar-refractivity contribution in [2.24, 2.45) is 0 Å². The van der Waals surface area contributed by atoms with Gasteiger partial charge in [0, 0.05) is 61.9 Å². The molecule has 0 fully saturated rings. The third kappa shape index (κ3) is 22.3. The normalized spacial score (nSPS) is 13.2. The Morgan fingerprint density at radius 1 is 0.700 bits per heavy atom. The number of nitro benzene ring substituents is 1. The van der Waals surface area contributed by atoms with E-state index in [2.05, 4.69) is 40.5 Å². The van der Waals surface area contributed by atoms with E-state index in [0.717, 1.165) is 22.8 Å². The van der Waals surface area contributed by atoms with Gasteiger partial charge in [0.15, 0.2) is 36.1 Å². The van der Waals surface area contributed by atoms with E-state index < -0.39 is 51.8 Å². The molecule has 2 aromatic carbocycles. The number of non-ortho nitro benzene ring substituents is 1. The molecule has 1 radical (unpaired) electrons. The average Bonchev–Trinajstić information content (AvgIpc) is 3.38. The molecule has 0 aliphatic carbocycles. The van der Waals surface area contributed by atoms with Crippen LogP contribution in [0.5, 0.6) is 5.75 Å². The van der Waals surface area contributed by atoms with Crippen LogP contribution in [0.2, 0.25) is 0 Å². The predicted octanol–water partition coefficient (Wildman–Crippen LogP) is 5.11. The molecule has 0 atom stereocenters. The van der Waals surface area contributed by atoms with Crippen LogP contribution in [0.4, 0.5) is 50.9 Å². The quantitative estimate of drug-likeness (QED) is 0.0307. The van der Waals surface area contributed by atoms with Crippen molar-refractivity contribution in [2.75, 3.05) is 12.4 Å². The van der Waals surface area contributed by atoms with E-state index in [0.29, 0.717) is 18.7 Å². The van der Waals surface area contributed by atoms with Gasteiger partial charge < -0.3 is 29.7 Å². The van der Waals surface area contributed by atoms with Crippen LogP contribution in [0.15, 0.2) is 91.3 Å². The minimum absolute atomic E-state index is 0. The van der Waals surface area contributed by atoms with Crippen LogP contribution in [0.1, 0.15) is 41.9 Å². The molecule has 0 saturated carbocycles. The van der Waals surface area contributed by atoms with Crippen LogP contribution in [-0.2, 0) is 66.4 Å². The largest absolute Gasteiger partial charge is 3.00 e. The molecule has 19 nitrogen and oxygen atoms in total. The maximum atomic E-state index is 13.7. The summed E-state index contributed by atoms with van der Waals surface area (Å²) in [6.45, 7) is 5.40. The summed E-state index contributed by atoms with van der Waals surface area (Å²) in [6.07, 6.45) is 7.06. The zero-order chi connectivity index (χ0) is 52.0. The molecule has 0 bridgehead atoms. The van der Waals surface area contributed by atoms with Gasteiger partial charge in [0.25, 0.3) is 5.69 Å². The monoisotopic (exact) mass is 1270 g/mol. The number of nitrogens with zero attached hydrogens (tertiary/aromatic N) is 5. The van der Waals surface area contributed by atoms with Crippen molar-refractivity contribution >= 4 is 76.7 Å². The van der Waals surface area contributed by atoms with E-state index in [-0.39, 0.29) is 83.4 Å². The number of pyridine rings is 2. The molecule has 1 aliphatic heterocycles. The van der Waals surface area contributed by atoms with Gasteiger partial charge in [0.1, 0.15) is 7.05 Å². The van der Waals surface area contributed by atoms with E-state index in [4.69, 9.17) is 62.1 Å². The van der Waals surface area contributed by atoms with Gasteiger partial charge in [0.05, 0.1) is 27.1 Å². The predicted molar refractivity (Wildman–Crippen MR) is 227 cm³/mol. The second-order valence-electron chi connectivity index (χ2n) is 13.3. The molecule has 70 heavy (non-hydrogen) atoms. The Hall–Kier alpha value is -3.82. The van der Waals surface area contributed by atoms with Gasteiger partial charge >= 0.3 is 54.7 Å². The molecule has 6 N–H and O–H groups in total. The molecule has 5 rings (SSSR count). The SMILES string of the molecule is C[N+]1=C(/C=C/c2cc([N+](=O)[O-])cc(CN(Cc3ccccn3)Cc3ccccn3)c2[O-])C(C)(C)c2ccccc21.ClCCl.O=S(=O)([O-])C(F)(F)F.O=S(=O)([O-])C(F)(F)F.O=S(=O)([O-])C(F)(F)F.[Dy+3].[OH3+].[OH3+]. The number of hydrogen-bond acceptors (Lipinski definition) is 15. The Balaban J connectivity index is -0.00000123. The molecule has 0 spiro atoms. The number of benzene rings is 2. The first-order chi connectivity index (χ1) is 30.4. The molecule has 2 aromatic heterocycles. The fourth-order valence-electron chi connectivity index (χ4n) is 5.36. The van der Waals surface area contributed by atoms with Gasteiger partial charge in [0.2, 0.25) is 5.69 Å². The Kier molecular flexibility index (Phi) is 29.2. The van der Waals surface area contributed by atoms with E-state index in [1.807, 2.05) is 66.6 Å². The summed E-state index contributed by atoms with van der Waals surface area (Å²) < 4.78 is 179. The van der Waals surface area contributed by atoms with E-state index in [1.54, 1.807) is 18.5 Å². The number of fused-ring (bicyclic) bond motifs is 1. The third-order valence-electron chi connectivity index (χ3n) is 8.22. The number of halogens is 11. The summed E-state index contributed by atoms with van der Waals surface area (Å²) in [5.41, 5.74) is -11.7. The average molecular weight is 1270 g/mol. The van der Waals surface area contributed by atoms with Crippen LogP contribution in [-0.4, -0.2) is 97.9 Å². The van der Waals surface area contributed by atoms with Crippen molar-refractivity contribution in [3.8, 4) is 5.75 Å². The van der Waals surface area contributed by atoms with Gasteiger partial charge in [-0.3, -0.25) is 25.0 Å². The molecule has 0 amide bonds. The Morgan fingerprint density at radius 2 is 1.07 bits per heavy atom. The molecule has 395 valence electrons. The van der Waals surface area contributed by atoms with Crippen LogP contribution >= 0.6 is 23.2 Å². The van der Waals surface area contributed by atoms with Gasteiger partial charge in [-0.2, -0.15) is 44.1 Å². The van der Waals surface area contributed by atoms with Gasteiger partial charge in [-0.25, -0.2) is 25.3 Å². The zero-order valence-corrected chi connectivity index (χ0v) is 41.5. The van der Waals surface area contributed by atoms with E-state index in [9.17, 15) is 54.7 Å². The Bertz CT molecular complexity index is 2570. The summed E-state index contributed by atoms with van der Waals surface area (Å²) in [7, 11) is -16.3. The summed E-state index contributed by atoms with van der Waals surface area (Å²) in [4.78, 5) is 22.3. The van der Waals surface area contributed by atoms with Crippen LogP contribution in [0, 0.1) is 48.3 Å². The van der Waals surface area contributed by atoms with Crippen LogP contribution in [0.25, 0.3) is 6.08 Å². The van der Waals surface area contributed by atoms with Crippen molar-refractivity contribution in [1.82, 2.24) is 14.9 Å². The Labute approximate surface area is 433 Å². The molecule has 0 saturated heterocycles. The second kappa shape index (κ2) is 29.0. The first-order valence-electron chi connectivity index (χ1n) is 17.5. The van der Waals surface area contributed by atoms with Crippen molar-refractivity contribution < 1.29 is 142 Å². The van der Waals surface area contributed by atoms with Crippen LogP contribution in [0.3, 0.4) is 0 Å². The summed E-state index contributed by atoms with van der Waals surface area (Å²) in [5, 5.41) is 25.8. The third-order valence-corrected chi connectivity index (χ3v) is 9.92. The number of allylic oxidation sites excluding steroid dienone is 1. The number of nitro groups is 1. The van der Waals surface area contributed by atoms with E-state index >= 15 is 0 Å². The van der Waals surface area contributed by atoms with Gasteiger partial charge in [-0.1, -0.05) is 36.1 Å². The second-order valence-corrected chi connectivity index (χ2v) is 18.2. The summed E-state index contributed by atoms with van der Waals surface area (Å²) in [5.74, 6) is -0.231. The molecule has 3 heterocycles. The fourth-order valence-corrected chi connectivity index (χ4v) is 5.36. The number of rotatable bonds is 9. The van der Waals surface area contributed by atoms with Crippen LogP contribution < -0.4 is 5.11 Å². The smallest absolute Gasteiger partial charge is 0.872 e.